The second kappa shape index (κ2) is 8.34. The van der Waals surface area contributed by atoms with Crippen molar-refractivity contribution in [3.63, 3.8) is 0 Å². The second-order valence-corrected chi connectivity index (χ2v) is 8.32. The van der Waals surface area contributed by atoms with Crippen molar-refractivity contribution in [1.29, 1.82) is 0 Å². The summed E-state index contributed by atoms with van der Waals surface area (Å²) >= 11 is 0. The lowest BCUT2D eigenvalue weighted by molar-refractivity contribution is -0.118. The molecule has 7 nitrogen and oxygen atoms in total. The van der Waals surface area contributed by atoms with Gasteiger partial charge in [-0.2, -0.15) is 0 Å². The number of amides is 4. The van der Waals surface area contributed by atoms with Gasteiger partial charge in [-0.15, -0.1) is 0 Å². The summed E-state index contributed by atoms with van der Waals surface area (Å²) in [4.78, 5) is 39.2. The summed E-state index contributed by atoms with van der Waals surface area (Å²) in [5.41, 5.74) is 7.43. The quantitative estimate of drug-likeness (QED) is 0.545. The Labute approximate surface area is 185 Å². The van der Waals surface area contributed by atoms with Crippen LogP contribution in [-0.4, -0.2) is 35.8 Å². The zero-order chi connectivity index (χ0) is 22.1. The molecule has 3 aromatic carbocycles. The molecule has 2 aliphatic heterocycles. The van der Waals surface area contributed by atoms with Crippen molar-refractivity contribution in [2.45, 2.75) is 18.8 Å². The van der Waals surface area contributed by atoms with Gasteiger partial charge >= 0.3 is 6.03 Å². The molecule has 0 radical (unpaired) electrons. The molecule has 1 saturated heterocycles. The molecule has 0 spiro atoms. The zero-order valence-corrected chi connectivity index (χ0v) is 17.5. The Morgan fingerprint density at radius 2 is 1.59 bits per heavy atom. The SMILES string of the molecule is O=C(NNC(=O)N1CCC(C2C(=O)Nc3ccccc32)CC1)c1ccc2ccccc2c1. The van der Waals surface area contributed by atoms with E-state index in [4.69, 9.17) is 0 Å². The Balaban J connectivity index is 1.15. The number of rotatable bonds is 2. The van der Waals surface area contributed by atoms with Crippen LogP contribution in [0.25, 0.3) is 10.8 Å². The summed E-state index contributed by atoms with van der Waals surface area (Å²) in [6, 6.07) is 20.7. The molecule has 162 valence electrons. The number of carbonyl (C=O) groups excluding carboxylic acids is 3. The minimum absolute atomic E-state index is 0.0387. The first-order chi connectivity index (χ1) is 15.6. The van der Waals surface area contributed by atoms with Crippen molar-refractivity contribution in [3.05, 3.63) is 77.9 Å². The number of para-hydroxylation sites is 1. The summed E-state index contributed by atoms with van der Waals surface area (Å²) < 4.78 is 0. The monoisotopic (exact) mass is 428 g/mol. The Morgan fingerprint density at radius 3 is 2.41 bits per heavy atom. The van der Waals surface area contributed by atoms with Gasteiger partial charge in [-0.1, -0.05) is 48.5 Å². The topological polar surface area (TPSA) is 90.5 Å². The number of hydrazine groups is 1. The molecule has 3 aromatic rings. The van der Waals surface area contributed by atoms with Crippen molar-refractivity contribution in [2.24, 2.45) is 5.92 Å². The molecule has 4 amide bonds. The highest BCUT2D eigenvalue weighted by Crippen LogP contribution is 2.41. The molecule has 0 bridgehead atoms. The molecule has 2 heterocycles. The van der Waals surface area contributed by atoms with Crippen LogP contribution in [0.5, 0.6) is 0 Å². The van der Waals surface area contributed by atoms with E-state index < -0.39 is 0 Å². The highest BCUT2D eigenvalue weighted by atomic mass is 16.2. The first-order valence-corrected chi connectivity index (χ1v) is 10.8. The van der Waals surface area contributed by atoms with Crippen molar-refractivity contribution < 1.29 is 14.4 Å². The number of likely N-dealkylation sites (tertiary alicyclic amines) is 1. The van der Waals surface area contributed by atoms with Crippen molar-refractivity contribution in [1.82, 2.24) is 15.8 Å². The zero-order valence-electron chi connectivity index (χ0n) is 17.5. The van der Waals surface area contributed by atoms with Gasteiger partial charge in [-0.25, -0.2) is 10.2 Å². The highest BCUT2D eigenvalue weighted by Gasteiger charge is 2.38. The number of anilines is 1. The van der Waals surface area contributed by atoms with Gasteiger partial charge in [0.2, 0.25) is 5.91 Å². The summed E-state index contributed by atoms with van der Waals surface area (Å²) in [7, 11) is 0. The maximum atomic E-state index is 12.6. The van der Waals surface area contributed by atoms with Gasteiger partial charge in [-0.3, -0.25) is 15.0 Å². The largest absolute Gasteiger partial charge is 0.336 e. The predicted molar refractivity (Wildman–Crippen MR) is 122 cm³/mol. The van der Waals surface area contributed by atoms with E-state index >= 15 is 0 Å². The van der Waals surface area contributed by atoms with Crippen LogP contribution >= 0.6 is 0 Å². The Hall–Kier alpha value is -3.87. The number of nitrogens with one attached hydrogen (secondary N) is 3. The van der Waals surface area contributed by atoms with E-state index in [1.165, 1.54) is 0 Å². The fourth-order valence-electron chi connectivity index (χ4n) is 4.73. The molecule has 1 unspecified atom stereocenters. The second-order valence-electron chi connectivity index (χ2n) is 8.32. The van der Waals surface area contributed by atoms with Gasteiger partial charge in [0.15, 0.2) is 0 Å². The van der Waals surface area contributed by atoms with Crippen LogP contribution in [0.4, 0.5) is 10.5 Å². The standard InChI is InChI=1S/C25H24N4O3/c30-23(19-10-9-16-5-1-2-6-18(16)15-19)27-28-25(32)29-13-11-17(12-14-29)22-20-7-3-4-8-21(20)26-24(22)31/h1-10,15,17,22H,11-14H2,(H,26,31)(H,27,30)(H,28,32). The van der Waals surface area contributed by atoms with Crippen molar-refractivity contribution >= 4 is 34.3 Å². The summed E-state index contributed by atoms with van der Waals surface area (Å²) in [5.74, 6) is -0.297. The van der Waals surface area contributed by atoms with E-state index in [1.54, 1.807) is 17.0 Å². The van der Waals surface area contributed by atoms with Crippen LogP contribution in [0.15, 0.2) is 66.7 Å². The Morgan fingerprint density at radius 1 is 0.875 bits per heavy atom. The van der Waals surface area contributed by atoms with Gasteiger partial charge in [0.1, 0.15) is 0 Å². The van der Waals surface area contributed by atoms with E-state index in [0.29, 0.717) is 18.7 Å². The van der Waals surface area contributed by atoms with Crippen LogP contribution in [0, 0.1) is 5.92 Å². The average Bonchev–Trinajstić information content (AvgIpc) is 3.17. The number of fused-ring (bicyclic) bond motifs is 2. The smallest absolute Gasteiger partial charge is 0.325 e. The van der Waals surface area contributed by atoms with E-state index in [1.807, 2.05) is 54.6 Å². The molecular formula is C25H24N4O3. The lowest BCUT2D eigenvalue weighted by Crippen LogP contribution is -2.51. The first-order valence-electron chi connectivity index (χ1n) is 10.8. The Bertz CT molecular complexity index is 1200. The number of carbonyl (C=O) groups is 3. The number of urea groups is 1. The minimum Gasteiger partial charge on any atom is -0.325 e. The molecule has 0 saturated carbocycles. The van der Waals surface area contributed by atoms with Crippen molar-refractivity contribution in [3.8, 4) is 0 Å². The molecule has 7 heteroatoms. The van der Waals surface area contributed by atoms with Crippen LogP contribution in [0.1, 0.15) is 34.7 Å². The average molecular weight is 428 g/mol. The third-order valence-electron chi connectivity index (χ3n) is 6.43. The van der Waals surface area contributed by atoms with Gasteiger partial charge < -0.3 is 10.2 Å². The summed E-state index contributed by atoms with van der Waals surface area (Å²) in [5, 5.41) is 4.97. The fourth-order valence-corrected chi connectivity index (χ4v) is 4.73. The molecule has 0 aliphatic carbocycles. The third-order valence-corrected chi connectivity index (χ3v) is 6.43. The van der Waals surface area contributed by atoms with E-state index in [9.17, 15) is 14.4 Å². The summed E-state index contributed by atoms with van der Waals surface area (Å²) in [6.45, 7) is 1.07. The van der Waals surface area contributed by atoms with E-state index in [0.717, 1.165) is 34.9 Å². The predicted octanol–water partition coefficient (Wildman–Crippen LogP) is 3.64. The molecule has 2 aliphatic rings. The highest BCUT2D eigenvalue weighted by molar-refractivity contribution is 6.03. The van der Waals surface area contributed by atoms with Gasteiger partial charge in [0, 0.05) is 24.3 Å². The lowest BCUT2D eigenvalue weighted by Gasteiger charge is -2.34. The van der Waals surface area contributed by atoms with E-state index in [2.05, 4.69) is 16.2 Å². The molecule has 0 aromatic heterocycles. The number of hydrogen-bond acceptors (Lipinski definition) is 3. The lowest BCUT2D eigenvalue weighted by atomic mass is 9.81. The molecule has 1 atom stereocenters. The molecule has 1 fully saturated rings. The normalized spacial score (nSPS) is 18.2. The molecule has 3 N–H and O–H groups in total. The summed E-state index contributed by atoms with van der Waals surface area (Å²) in [6.07, 6.45) is 1.47. The van der Waals surface area contributed by atoms with Crippen LogP contribution in [-0.2, 0) is 4.79 Å². The minimum atomic E-state index is -0.363. The first kappa shape index (κ1) is 20.1. The van der Waals surface area contributed by atoms with E-state index in [-0.39, 0.29) is 29.7 Å². The number of benzene rings is 3. The Kier molecular flexibility index (Phi) is 5.23. The van der Waals surface area contributed by atoms with Crippen LogP contribution in [0.2, 0.25) is 0 Å². The number of piperidine rings is 1. The van der Waals surface area contributed by atoms with Gasteiger partial charge in [0.05, 0.1) is 5.92 Å². The van der Waals surface area contributed by atoms with Crippen molar-refractivity contribution in [2.75, 3.05) is 18.4 Å². The molecule has 32 heavy (non-hydrogen) atoms. The number of nitrogens with zero attached hydrogens (tertiary/aromatic N) is 1. The van der Waals surface area contributed by atoms with Gasteiger partial charge in [-0.05, 0) is 53.3 Å². The van der Waals surface area contributed by atoms with Crippen LogP contribution in [0.3, 0.4) is 0 Å². The maximum absolute atomic E-state index is 12.6. The molecular weight excluding hydrogens is 404 g/mol. The number of hydrogen-bond donors (Lipinski definition) is 3. The fraction of sp³-hybridized carbons (Fsp3) is 0.240. The maximum Gasteiger partial charge on any atom is 0.336 e. The molecule has 5 rings (SSSR count). The third kappa shape index (κ3) is 3.77. The van der Waals surface area contributed by atoms with Gasteiger partial charge in [0.25, 0.3) is 5.91 Å². The van der Waals surface area contributed by atoms with Crippen LogP contribution < -0.4 is 16.2 Å².